The molecule has 30 radical (unpaired) electrons. The summed E-state index contributed by atoms with van der Waals surface area (Å²) in [6, 6.07) is 4.60. The fraction of sp³-hybridized carbons (Fsp3) is 0. The van der Waals surface area contributed by atoms with E-state index in [0.717, 1.165) is 0 Å². The minimum atomic E-state index is -0.409. The molecule has 0 saturated heterocycles. The van der Waals surface area contributed by atoms with E-state index in [4.69, 9.17) is 0 Å². The third kappa shape index (κ3) is 12.7. The van der Waals surface area contributed by atoms with Crippen LogP contribution in [0.15, 0.2) is 12.1 Å². The Bertz CT molecular complexity index is 577. The second kappa shape index (κ2) is 22.9. The maximum atomic E-state index is 2.30. The van der Waals surface area contributed by atoms with E-state index < -0.39 is 7.53 Å². The van der Waals surface area contributed by atoms with Crippen LogP contribution in [0.25, 0.3) is 0 Å². The second-order valence-corrected chi connectivity index (χ2v) is 9.97. The average molecular weight is 636 g/mol. The standard InChI is InChI=1S/C19H14P.3C5H5.3Fe/c1-2-8-15(7-1)18-13-14-19(16-9-3-4-10-16)20(18)17-11-5-6-12-17;3*1-2-4-5-3-1;;;/h1-14H;3*1-5H;;;. The Morgan fingerprint density at radius 2 is 0.526 bits per heavy atom. The summed E-state index contributed by atoms with van der Waals surface area (Å²) >= 11 is 0. The molecule has 1 aromatic rings. The van der Waals surface area contributed by atoms with Crippen LogP contribution in [0.4, 0.5) is 0 Å². The molecule has 0 amide bonds. The minimum absolute atomic E-state index is 0. The zero-order chi connectivity index (χ0) is 24.0. The van der Waals surface area contributed by atoms with Crippen molar-refractivity contribution in [3.63, 3.8) is 0 Å². The van der Waals surface area contributed by atoms with Crippen LogP contribution >= 0.6 is 7.53 Å². The Kier molecular flexibility index (Phi) is 22.5. The van der Waals surface area contributed by atoms with Crippen molar-refractivity contribution in [2.24, 2.45) is 0 Å². The molecule has 194 valence electrons. The monoisotopic (exact) mass is 636 g/mol. The summed E-state index contributed by atoms with van der Waals surface area (Å²) in [5.74, 6) is 2.71. The Hall–Kier alpha value is 1.34. The number of rotatable bonds is 3. The Labute approximate surface area is 270 Å². The largest absolute Gasteiger partial charge is 0.109 e. The molecule has 0 nitrogen and oxygen atoms in total. The summed E-state index contributed by atoms with van der Waals surface area (Å²) in [4.78, 5) is 0. The van der Waals surface area contributed by atoms with Crippen molar-refractivity contribution in [1.82, 2.24) is 0 Å². The van der Waals surface area contributed by atoms with Crippen LogP contribution in [-0.4, -0.2) is 0 Å². The van der Waals surface area contributed by atoms with Crippen LogP contribution in [0.2, 0.25) is 0 Å². The molecule has 7 rings (SSSR count). The van der Waals surface area contributed by atoms with Gasteiger partial charge in [0.25, 0.3) is 0 Å². The van der Waals surface area contributed by atoms with E-state index in [0.29, 0.717) is 0 Å². The van der Waals surface area contributed by atoms with Gasteiger partial charge in [-0.3, -0.25) is 0 Å². The first-order chi connectivity index (χ1) is 17.4. The van der Waals surface area contributed by atoms with Crippen LogP contribution in [-0.2, 0) is 51.2 Å². The van der Waals surface area contributed by atoms with Gasteiger partial charge in [-0.05, 0) is 184 Å². The van der Waals surface area contributed by atoms with Crippen molar-refractivity contribution in [1.29, 1.82) is 0 Å². The SMILES string of the molecule is [CH]1[CH][CH][CH][CH]1.[CH]1[CH][CH][CH][CH]1.[CH]1[CH][CH][CH][CH]1.[CH]1[CH][CH][C](c2ccc([C]3[CH][CH][CH][CH]3)p2[C]2[CH][CH][CH][CH]2)[CH]1.[Fe].[Fe].[Fe]. The summed E-state index contributed by atoms with van der Waals surface area (Å²) in [6.07, 6.45) is 56.1. The summed E-state index contributed by atoms with van der Waals surface area (Å²) < 4.78 is 0. The van der Waals surface area contributed by atoms with Crippen LogP contribution in [0.3, 0.4) is 0 Å². The molecule has 0 aromatic carbocycles. The van der Waals surface area contributed by atoms with Gasteiger partial charge in [0.15, 0.2) is 0 Å². The van der Waals surface area contributed by atoms with E-state index in [1.165, 1.54) is 28.1 Å². The van der Waals surface area contributed by atoms with E-state index in [1.54, 1.807) is 0 Å². The molecule has 0 unspecified atom stereocenters. The third-order valence-corrected chi connectivity index (χ3v) is 7.96. The zero-order valence-corrected chi connectivity index (χ0v) is 25.0. The normalized spacial score (nSPS) is 23.2. The third-order valence-electron chi connectivity index (χ3n) is 5.37. The molecule has 1 heterocycles. The zero-order valence-electron chi connectivity index (χ0n) is 20.8. The topological polar surface area (TPSA) is 0 Å². The first-order valence-corrected chi connectivity index (χ1v) is 13.2. The van der Waals surface area contributed by atoms with Gasteiger partial charge in [-0.15, -0.1) is 7.53 Å². The van der Waals surface area contributed by atoms with E-state index in [9.17, 15) is 0 Å². The van der Waals surface area contributed by atoms with E-state index in [2.05, 4.69) is 89.2 Å². The summed E-state index contributed by atoms with van der Waals surface area (Å²) in [6.45, 7) is 0. The molecule has 6 aliphatic rings. The molecule has 6 fully saturated rings. The molecule has 0 atom stereocenters. The van der Waals surface area contributed by atoms with Gasteiger partial charge in [-0.25, -0.2) is 0 Å². The van der Waals surface area contributed by atoms with E-state index in [1.807, 2.05) is 96.3 Å². The van der Waals surface area contributed by atoms with Crippen molar-refractivity contribution >= 4 is 7.53 Å². The first-order valence-electron chi connectivity index (χ1n) is 11.8. The Morgan fingerprint density at radius 1 is 0.289 bits per heavy atom. The van der Waals surface area contributed by atoms with Crippen LogP contribution in [0.1, 0.15) is 10.6 Å². The number of hydrogen-bond acceptors (Lipinski definition) is 0. The van der Waals surface area contributed by atoms with Crippen molar-refractivity contribution in [3.8, 4) is 0 Å². The van der Waals surface area contributed by atoms with Crippen molar-refractivity contribution in [3.05, 3.63) is 214 Å². The van der Waals surface area contributed by atoms with Gasteiger partial charge < -0.3 is 0 Å². The molecule has 0 bridgehead atoms. The van der Waals surface area contributed by atoms with Crippen LogP contribution in [0, 0.1) is 191 Å². The van der Waals surface area contributed by atoms with Gasteiger partial charge >= 0.3 is 0 Å². The molecule has 0 aliphatic heterocycles. The average Bonchev–Trinajstić information content (AvgIpc) is 3.81. The molecular formula is C34H29Fe3P. The van der Waals surface area contributed by atoms with Crippen LogP contribution in [0.5, 0.6) is 0 Å². The molecule has 0 spiro atoms. The fourth-order valence-corrected chi connectivity index (χ4v) is 6.28. The van der Waals surface area contributed by atoms with E-state index in [-0.39, 0.29) is 51.2 Å². The Morgan fingerprint density at radius 3 is 0.789 bits per heavy atom. The molecule has 1 aromatic heterocycles. The van der Waals surface area contributed by atoms with Gasteiger partial charge in [0, 0.05) is 68.7 Å². The molecule has 6 saturated carbocycles. The molecule has 6 aliphatic carbocycles. The van der Waals surface area contributed by atoms with Gasteiger partial charge in [0.05, 0.1) is 0 Å². The molecule has 0 N–H and O–H groups in total. The summed E-state index contributed by atoms with van der Waals surface area (Å²) in [5, 5.41) is 2.93. The van der Waals surface area contributed by atoms with Gasteiger partial charge in [0.1, 0.15) is 0 Å². The predicted molar refractivity (Wildman–Crippen MR) is 149 cm³/mol. The first kappa shape index (κ1) is 37.4. The van der Waals surface area contributed by atoms with Gasteiger partial charge in [-0.1, -0.05) is 12.1 Å². The maximum Gasteiger partial charge on any atom is 0.0296 e. The molecule has 38 heavy (non-hydrogen) atoms. The van der Waals surface area contributed by atoms with Gasteiger partial charge in [-0.2, -0.15) is 0 Å². The van der Waals surface area contributed by atoms with Crippen molar-refractivity contribution in [2.75, 3.05) is 0 Å². The quantitative estimate of drug-likeness (QED) is 0.303. The molecule has 4 heteroatoms. The van der Waals surface area contributed by atoms with Crippen molar-refractivity contribution < 1.29 is 51.2 Å². The second-order valence-electron chi connectivity index (χ2n) is 7.82. The predicted octanol–water partition coefficient (Wildman–Crippen LogP) is 7.45. The van der Waals surface area contributed by atoms with Crippen molar-refractivity contribution in [2.45, 2.75) is 0 Å². The fourth-order valence-electron chi connectivity index (χ4n) is 3.73. The summed E-state index contributed by atoms with van der Waals surface area (Å²) in [7, 11) is -0.409. The van der Waals surface area contributed by atoms with E-state index >= 15 is 0 Å². The van der Waals surface area contributed by atoms with Crippen LogP contribution < -0.4 is 0 Å². The Balaban J connectivity index is 0.000000329. The molecular weight excluding hydrogens is 607 g/mol. The maximum absolute atomic E-state index is 2.30. The number of hydrogen-bond donors (Lipinski definition) is 0. The minimum Gasteiger partial charge on any atom is -0.109 e. The smallest absolute Gasteiger partial charge is 0.0296 e. The van der Waals surface area contributed by atoms with Gasteiger partial charge in [0.2, 0.25) is 0 Å². The summed E-state index contributed by atoms with van der Waals surface area (Å²) in [5.41, 5.74) is 1.44.